The average Bonchev–Trinajstić information content (AvgIpc) is 2.82. The first-order valence-electron chi connectivity index (χ1n) is 13.3. The maximum absolute atomic E-state index is 10.2. The highest BCUT2D eigenvalue weighted by Gasteiger charge is 2.26. The Kier molecular flexibility index (Phi) is 7.86. The van der Waals surface area contributed by atoms with Crippen molar-refractivity contribution in [2.24, 2.45) is 23.7 Å². The zero-order valence-corrected chi connectivity index (χ0v) is 21.5. The summed E-state index contributed by atoms with van der Waals surface area (Å²) in [5, 5.41) is 20.5. The molecule has 4 rings (SSSR count). The number of benzene rings is 2. The third-order valence-electron chi connectivity index (χ3n) is 7.73. The third-order valence-corrected chi connectivity index (χ3v) is 7.73. The van der Waals surface area contributed by atoms with E-state index in [1.165, 1.54) is 48.0 Å². The number of phenolic OH excluding ortho intramolecular Hbond substituents is 2. The zero-order valence-electron chi connectivity index (χ0n) is 21.5. The normalized spacial score (nSPS) is 21.0. The van der Waals surface area contributed by atoms with Crippen LogP contribution in [0.5, 0.6) is 11.5 Å². The molecule has 0 aliphatic heterocycles. The predicted molar refractivity (Wildman–Crippen MR) is 144 cm³/mol. The Morgan fingerprint density at radius 2 is 1.09 bits per heavy atom. The van der Waals surface area contributed by atoms with Gasteiger partial charge >= 0.3 is 0 Å². The summed E-state index contributed by atoms with van der Waals surface area (Å²) in [6, 6.07) is 12.4. The first kappa shape index (κ1) is 24.6. The van der Waals surface area contributed by atoms with Crippen molar-refractivity contribution < 1.29 is 10.2 Å². The van der Waals surface area contributed by atoms with Crippen LogP contribution in [0.4, 0.5) is 0 Å². The largest absolute Gasteiger partial charge is 0.508 e. The van der Waals surface area contributed by atoms with Crippen LogP contribution >= 0.6 is 0 Å². The summed E-state index contributed by atoms with van der Waals surface area (Å²) in [4.78, 5) is 0. The van der Waals surface area contributed by atoms with E-state index in [1.54, 1.807) is 0 Å². The first-order chi connectivity index (χ1) is 16.3. The molecule has 2 N–H and O–H groups in total. The standard InChI is InChI=1S/C32H42O2/c1-21(2)17-29-19-27(13-15-31(29)33)25-9-5-23(6-10-25)24-7-11-26(12-8-24)28-14-16-32(34)30(20-28)18-22(3)4/h9,11,13-16,19-24,33-34H,5-8,10,12,17-18H2,1-4H3. The van der Waals surface area contributed by atoms with Gasteiger partial charge in [-0.15, -0.1) is 0 Å². The molecule has 2 aromatic rings. The lowest BCUT2D eigenvalue weighted by atomic mass is 9.73. The fourth-order valence-corrected chi connectivity index (χ4v) is 5.87. The fraction of sp³-hybridized carbons (Fsp3) is 0.500. The second-order valence-corrected chi connectivity index (χ2v) is 11.4. The van der Waals surface area contributed by atoms with E-state index >= 15 is 0 Å². The fourth-order valence-electron chi connectivity index (χ4n) is 5.87. The molecule has 2 heteroatoms. The van der Waals surface area contributed by atoms with Crippen LogP contribution in [-0.2, 0) is 12.8 Å². The van der Waals surface area contributed by atoms with Crippen LogP contribution in [0.25, 0.3) is 11.1 Å². The van der Waals surface area contributed by atoms with Gasteiger partial charge < -0.3 is 10.2 Å². The third kappa shape index (κ3) is 5.95. The molecule has 2 aliphatic carbocycles. The summed E-state index contributed by atoms with van der Waals surface area (Å²) in [5.41, 5.74) is 7.65. The quantitative estimate of drug-likeness (QED) is 0.436. The molecule has 0 aromatic heterocycles. The van der Waals surface area contributed by atoms with Gasteiger partial charge in [-0.05, 0) is 133 Å². The molecule has 2 atom stereocenters. The van der Waals surface area contributed by atoms with E-state index in [2.05, 4.69) is 64.1 Å². The number of hydrogen-bond donors (Lipinski definition) is 2. The van der Waals surface area contributed by atoms with Crippen LogP contribution in [0.2, 0.25) is 0 Å². The van der Waals surface area contributed by atoms with Gasteiger partial charge in [-0.25, -0.2) is 0 Å². The SMILES string of the molecule is CC(C)Cc1cc(C2=CCC(C3CC=C(c4ccc(O)c(CC(C)C)c4)CC3)CC2)ccc1O. The van der Waals surface area contributed by atoms with Crippen LogP contribution in [0.3, 0.4) is 0 Å². The summed E-state index contributed by atoms with van der Waals surface area (Å²) in [7, 11) is 0. The van der Waals surface area contributed by atoms with Crippen molar-refractivity contribution in [1.82, 2.24) is 0 Å². The van der Waals surface area contributed by atoms with Crippen molar-refractivity contribution in [2.75, 3.05) is 0 Å². The molecule has 0 spiro atoms. The van der Waals surface area contributed by atoms with E-state index in [0.717, 1.165) is 48.6 Å². The number of hydrogen-bond acceptors (Lipinski definition) is 2. The van der Waals surface area contributed by atoms with Gasteiger partial charge in [0, 0.05) is 0 Å². The molecule has 2 unspecified atom stereocenters. The summed E-state index contributed by atoms with van der Waals surface area (Å²) in [5.74, 6) is 3.48. The maximum atomic E-state index is 10.2. The second-order valence-electron chi connectivity index (χ2n) is 11.4. The van der Waals surface area contributed by atoms with Crippen LogP contribution in [0.15, 0.2) is 48.6 Å². The molecule has 2 aliphatic rings. The van der Waals surface area contributed by atoms with Crippen LogP contribution in [0.1, 0.15) is 88.5 Å². The monoisotopic (exact) mass is 458 g/mol. The van der Waals surface area contributed by atoms with Gasteiger partial charge in [0.05, 0.1) is 0 Å². The maximum Gasteiger partial charge on any atom is 0.118 e. The molecule has 182 valence electrons. The van der Waals surface area contributed by atoms with Crippen molar-refractivity contribution in [3.8, 4) is 11.5 Å². The van der Waals surface area contributed by atoms with Crippen molar-refractivity contribution in [1.29, 1.82) is 0 Å². The van der Waals surface area contributed by atoms with Crippen molar-refractivity contribution in [3.63, 3.8) is 0 Å². The molecule has 0 saturated heterocycles. The minimum absolute atomic E-state index is 0.432. The van der Waals surface area contributed by atoms with Gasteiger partial charge in [-0.1, -0.05) is 52.0 Å². The van der Waals surface area contributed by atoms with E-state index in [4.69, 9.17) is 0 Å². The Morgan fingerprint density at radius 3 is 1.41 bits per heavy atom. The highest BCUT2D eigenvalue weighted by molar-refractivity contribution is 5.69. The molecular weight excluding hydrogens is 416 g/mol. The zero-order chi connectivity index (χ0) is 24.2. The molecule has 2 aromatic carbocycles. The van der Waals surface area contributed by atoms with Crippen molar-refractivity contribution in [2.45, 2.75) is 79.1 Å². The lowest BCUT2D eigenvalue weighted by Crippen LogP contribution is -2.19. The van der Waals surface area contributed by atoms with Gasteiger partial charge in [-0.3, -0.25) is 0 Å². The van der Waals surface area contributed by atoms with E-state index in [-0.39, 0.29) is 0 Å². The summed E-state index contributed by atoms with van der Waals surface area (Å²) >= 11 is 0. The van der Waals surface area contributed by atoms with Gasteiger partial charge in [-0.2, -0.15) is 0 Å². The molecule has 2 nitrogen and oxygen atoms in total. The highest BCUT2D eigenvalue weighted by atomic mass is 16.3. The summed E-state index contributed by atoms with van der Waals surface area (Å²) in [6.07, 6.45) is 13.9. The van der Waals surface area contributed by atoms with Crippen molar-refractivity contribution >= 4 is 11.1 Å². The number of aromatic hydroxyl groups is 2. The lowest BCUT2D eigenvalue weighted by Gasteiger charge is -2.32. The van der Waals surface area contributed by atoms with E-state index < -0.39 is 0 Å². The molecule has 34 heavy (non-hydrogen) atoms. The number of allylic oxidation sites excluding steroid dienone is 4. The number of rotatable bonds is 7. The molecule has 0 fully saturated rings. The van der Waals surface area contributed by atoms with Gasteiger partial charge in [0.2, 0.25) is 0 Å². The summed E-state index contributed by atoms with van der Waals surface area (Å²) < 4.78 is 0. The predicted octanol–water partition coefficient (Wildman–Crippen LogP) is 8.56. The van der Waals surface area contributed by atoms with Gasteiger partial charge in [0.25, 0.3) is 0 Å². The molecule has 0 heterocycles. The van der Waals surface area contributed by atoms with Crippen molar-refractivity contribution in [3.05, 3.63) is 70.8 Å². The van der Waals surface area contributed by atoms with E-state index in [1.807, 2.05) is 12.1 Å². The van der Waals surface area contributed by atoms with E-state index in [9.17, 15) is 10.2 Å². The average molecular weight is 459 g/mol. The molecular formula is C32H42O2. The van der Waals surface area contributed by atoms with E-state index in [0.29, 0.717) is 23.3 Å². The smallest absolute Gasteiger partial charge is 0.118 e. The first-order valence-corrected chi connectivity index (χ1v) is 13.3. The van der Waals surface area contributed by atoms with Gasteiger partial charge in [0.15, 0.2) is 0 Å². The van der Waals surface area contributed by atoms with Crippen LogP contribution in [0, 0.1) is 23.7 Å². The lowest BCUT2D eigenvalue weighted by molar-refractivity contribution is 0.292. The Balaban J connectivity index is 1.39. The molecule has 0 radical (unpaired) electrons. The second kappa shape index (κ2) is 10.8. The van der Waals surface area contributed by atoms with Crippen LogP contribution < -0.4 is 0 Å². The number of phenols is 2. The molecule has 0 bridgehead atoms. The minimum atomic E-state index is 0.432. The van der Waals surface area contributed by atoms with Crippen LogP contribution in [-0.4, -0.2) is 10.2 Å². The molecule has 0 amide bonds. The topological polar surface area (TPSA) is 40.5 Å². The highest BCUT2D eigenvalue weighted by Crippen LogP contribution is 2.42. The Bertz CT molecular complexity index is 971. The minimum Gasteiger partial charge on any atom is -0.508 e. The Labute approximate surface area is 206 Å². The van der Waals surface area contributed by atoms with Gasteiger partial charge in [0.1, 0.15) is 11.5 Å². The Morgan fingerprint density at radius 1 is 0.676 bits per heavy atom. The Hall–Kier alpha value is -2.48. The molecule has 0 saturated carbocycles. The summed E-state index contributed by atoms with van der Waals surface area (Å²) in [6.45, 7) is 8.81.